The summed E-state index contributed by atoms with van der Waals surface area (Å²) in [4.78, 5) is 14.7. The first kappa shape index (κ1) is 13.9. The first-order chi connectivity index (χ1) is 8.62. The number of rotatable bonds is 1. The maximum atomic E-state index is 12.7. The molecule has 0 radical (unpaired) electrons. The van der Waals surface area contributed by atoms with Crippen LogP contribution in [0.15, 0.2) is 0 Å². The van der Waals surface area contributed by atoms with E-state index in [9.17, 15) is 4.79 Å². The number of nitrogens with two attached hydrogens (primary N) is 1. The first-order valence-electron chi connectivity index (χ1n) is 7.70. The molecule has 2 atom stereocenters. The predicted octanol–water partition coefficient (Wildman–Crippen LogP) is 2.69. The molecule has 0 aromatic rings. The fourth-order valence-corrected chi connectivity index (χ4v) is 3.55. The third-order valence-corrected chi connectivity index (χ3v) is 4.60. The Labute approximate surface area is 111 Å². The van der Waals surface area contributed by atoms with Crippen molar-refractivity contribution in [3.63, 3.8) is 0 Å². The van der Waals surface area contributed by atoms with Gasteiger partial charge in [-0.05, 0) is 31.6 Å². The minimum absolute atomic E-state index is 0.232. The lowest BCUT2D eigenvalue weighted by atomic mass is 9.76. The summed E-state index contributed by atoms with van der Waals surface area (Å²) in [5.74, 6) is 0.832. The van der Waals surface area contributed by atoms with Gasteiger partial charge in [-0.3, -0.25) is 4.79 Å². The number of carbonyl (C=O) groups is 1. The van der Waals surface area contributed by atoms with Crippen LogP contribution in [0.3, 0.4) is 0 Å². The summed E-state index contributed by atoms with van der Waals surface area (Å²) in [6.45, 7) is 4.07. The Hall–Kier alpha value is -0.570. The first-order valence-corrected chi connectivity index (χ1v) is 7.70. The zero-order valence-electron chi connectivity index (χ0n) is 11.8. The molecule has 2 fully saturated rings. The number of carbonyl (C=O) groups excluding carboxylic acids is 1. The van der Waals surface area contributed by atoms with Crippen LogP contribution in [0.25, 0.3) is 0 Å². The Morgan fingerprint density at radius 2 is 1.72 bits per heavy atom. The van der Waals surface area contributed by atoms with Gasteiger partial charge in [0, 0.05) is 13.1 Å². The second-order valence-corrected chi connectivity index (χ2v) is 6.42. The van der Waals surface area contributed by atoms with Crippen molar-refractivity contribution in [2.24, 2.45) is 11.7 Å². The van der Waals surface area contributed by atoms with E-state index >= 15 is 0 Å². The van der Waals surface area contributed by atoms with Crippen LogP contribution in [0, 0.1) is 5.92 Å². The largest absolute Gasteiger partial charge is 0.341 e. The van der Waals surface area contributed by atoms with E-state index in [4.69, 9.17) is 5.73 Å². The van der Waals surface area contributed by atoms with Crippen molar-refractivity contribution in [1.29, 1.82) is 0 Å². The summed E-state index contributed by atoms with van der Waals surface area (Å²) < 4.78 is 0. The van der Waals surface area contributed by atoms with Crippen molar-refractivity contribution in [3.8, 4) is 0 Å². The van der Waals surface area contributed by atoms with E-state index < -0.39 is 5.54 Å². The molecule has 1 heterocycles. The predicted molar refractivity (Wildman–Crippen MR) is 74.2 cm³/mol. The Balaban J connectivity index is 1.99. The molecule has 1 saturated carbocycles. The van der Waals surface area contributed by atoms with Crippen LogP contribution in [0.5, 0.6) is 0 Å². The molecule has 2 rings (SSSR count). The van der Waals surface area contributed by atoms with Gasteiger partial charge >= 0.3 is 0 Å². The topological polar surface area (TPSA) is 46.3 Å². The van der Waals surface area contributed by atoms with Gasteiger partial charge in [0.2, 0.25) is 5.91 Å². The summed E-state index contributed by atoms with van der Waals surface area (Å²) in [6.07, 6.45) is 10.2. The maximum Gasteiger partial charge on any atom is 0.242 e. The maximum absolute atomic E-state index is 12.7. The molecule has 1 amide bonds. The van der Waals surface area contributed by atoms with E-state index in [2.05, 4.69) is 11.8 Å². The van der Waals surface area contributed by atoms with Gasteiger partial charge in [0.15, 0.2) is 0 Å². The highest BCUT2D eigenvalue weighted by molar-refractivity contribution is 5.86. The molecule has 2 unspecified atom stereocenters. The van der Waals surface area contributed by atoms with Crippen molar-refractivity contribution in [3.05, 3.63) is 0 Å². The zero-order valence-corrected chi connectivity index (χ0v) is 11.8. The van der Waals surface area contributed by atoms with E-state index in [1.807, 2.05) is 0 Å². The second-order valence-electron chi connectivity index (χ2n) is 6.42. The number of amides is 1. The van der Waals surface area contributed by atoms with E-state index in [1.165, 1.54) is 25.7 Å². The van der Waals surface area contributed by atoms with E-state index in [0.717, 1.165) is 45.2 Å². The van der Waals surface area contributed by atoms with Crippen LogP contribution < -0.4 is 5.73 Å². The van der Waals surface area contributed by atoms with Gasteiger partial charge in [0.25, 0.3) is 0 Å². The van der Waals surface area contributed by atoms with Crippen molar-refractivity contribution in [1.82, 2.24) is 4.90 Å². The Morgan fingerprint density at radius 1 is 1.11 bits per heavy atom. The van der Waals surface area contributed by atoms with Gasteiger partial charge in [-0.2, -0.15) is 0 Å². The molecule has 0 bridgehead atoms. The smallest absolute Gasteiger partial charge is 0.242 e. The van der Waals surface area contributed by atoms with Crippen molar-refractivity contribution in [2.75, 3.05) is 13.1 Å². The molecule has 2 N–H and O–H groups in total. The molecule has 1 saturated heterocycles. The standard InChI is InChI=1S/C15H28N2O/c1-13-8-7-9-15(16,12-13)14(18)17-10-5-3-2-4-6-11-17/h13H,2-12,16H2,1H3. The van der Waals surface area contributed by atoms with Gasteiger partial charge in [0.05, 0.1) is 5.54 Å². The molecule has 1 aliphatic carbocycles. The van der Waals surface area contributed by atoms with Gasteiger partial charge in [0.1, 0.15) is 0 Å². The molecule has 18 heavy (non-hydrogen) atoms. The lowest BCUT2D eigenvalue weighted by Crippen LogP contribution is -2.57. The minimum Gasteiger partial charge on any atom is -0.341 e. The molecule has 2 aliphatic rings. The molecule has 0 aromatic carbocycles. The lowest BCUT2D eigenvalue weighted by molar-refractivity contribution is -0.139. The highest BCUT2D eigenvalue weighted by atomic mass is 16.2. The molecule has 0 aromatic heterocycles. The average Bonchev–Trinajstić information content (AvgIpc) is 2.27. The van der Waals surface area contributed by atoms with Gasteiger partial charge in [-0.1, -0.05) is 39.0 Å². The summed E-state index contributed by atoms with van der Waals surface area (Å²) in [5, 5.41) is 0. The molecule has 3 nitrogen and oxygen atoms in total. The van der Waals surface area contributed by atoms with E-state index in [-0.39, 0.29) is 5.91 Å². The van der Waals surface area contributed by atoms with E-state index in [1.54, 1.807) is 0 Å². The third kappa shape index (κ3) is 3.25. The summed E-state index contributed by atoms with van der Waals surface area (Å²) in [7, 11) is 0. The van der Waals surface area contributed by atoms with Crippen LogP contribution in [0.2, 0.25) is 0 Å². The SMILES string of the molecule is CC1CCCC(N)(C(=O)N2CCCCCCC2)C1. The van der Waals surface area contributed by atoms with Crippen molar-refractivity contribution in [2.45, 2.75) is 70.3 Å². The normalized spacial score (nSPS) is 34.8. The molecular weight excluding hydrogens is 224 g/mol. The minimum atomic E-state index is -0.559. The van der Waals surface area contributed by atoms with Crippen LogP contribution in [0.1, 0.15) is 64.7 Å². The number of hydrogen-bond acceptors (Lipinski definition) is 2. The second kappa shape index (κ2) is 6.05. The fraction of sp³-hybridized carbons (Fsp3) is 0.933. The molecule has 1 aliphatic heterocycles. The van der Waals surface area contributed by atoms with Crippen LogP contribution in [0.4, 0.5) is 0 Å². The average molecular weight is 252 g/mol. The number of likely N-dealkylation sites (tertiary alicyclic amines) is 1. The summed E-state index contributed by atoms with van der Waals surface area (Å²) in [5.41, 5.74) is 5.86. The number of nitrogens with zero attached hydrogens (tertiary/aromatic N) is 1. The summed E-state index contributed by atoms with van der Waals surface area (Å²) in [6, 6.07) is 0. The van der Waals surface area contributed by atoms with Gasteiger partial charge in [-0.15, -0.1) is 0 Å². The molecular formula is C15H28N2O. The third-order valence-electron chi connectivity index (χ3n) is 4.60. The van der Waals surface area contributed by atoms with Gasteiger partial charge < -0.3 is 10.6 Å². The molecule has 0 spiro atoms. The zero-order chi connectivity index (χ0) is 13.0. The van der Waals surface area contributed by atoms with Crippen LogP contribution >= 0.6 is 0 Å². The quantitative estimate of drug-likeness (QED) is 0.780. The summed E-state index contributed by atoms with van der Waals surface area (Å²) >= 11 is 0. The van der Waals surface area contributed by atoms with Crippen LogP contribution in [-0.4, -0.2) is 29.4 Å². The van der Waals surface area contributed by atoms with Crippen molar-refractivity contribution >= 4 is 5.91 Å². The Kier molecular flexibility index (Phi) is 4.66. The number of hydrogen-bond donors (Lipinski definition) is 1. The van der Waals surface area contributed by atoms with E-state index in [0.29, 0.717) is 5.92 Å². The fourth-order valence-electron chi connectivity index (χ4n) is 3.55. The highest BCUT2D eigenvalue weighted by Crippen LogP contribution is 2.32. The molecule has 104 valence electrons. The van der Waals surface area contributed by atoms with Crippen LogP contribution in [-0.2, 0) is 4.79 Å². The molecule has 3 heteroatoms. The Bertz CT molecular complexity index is 284. The Morgan fingerprint density at radius 3 is 2.33 bits per heavy atom. The highest BCUT2D eigenvalue weighted by Gasteiger charge is 2.40. The monoisotopic (exact) mass is 252 g/mol. The van der Waals surface area contributed by atoms with Crippen molar-refractivity contribution < 1.29 is 4.79 Å². The lowest BCUT2D eigenvalue weighted by Gasteiger charge is -2.39. The van der Waals surface area contributed by atoms with Gasteiger partial charge in [-0.25, -0.2) is 0 Å².